The summed E-state index contributed by atoms with van der Waals surface area (Å²) in [4.78, 5) is 13.2. The molecule has 2 aliphatic rings. The maximum absolute atomic E-state index is 11.5. The molecule has 80 valence electrons. The third kappa shape index (κ3) is 2.07. The molecule has 0 spiro atoms. The van der Waals surface area contributed by atoms with Crippen molar-refractivity contribution in [1.82, 2.24) is 10.2 Å². The highest BCUT2D eigenvalue weighted by atomic mass is 16.5. The normalized spacial score (nSPS) is 32.9. The molecular formula is C10H18N2O2. The number of carbonyl (C=O) groups is 1. The van der Waals surface area contributed by atoms with Crippen molar-refractivity contribution in [3.63, 3.8) is 0 Å². The summed E-state index contributed by atoms with van der Waals surface area (Å²) >= 11 is 0. The minimum Gasteiger partial charge on any atom is -0.367 e. The summed E-state index contributed by atoms with van der Waals surface area (Å²) in [6, 6.07) is 0.466. The first kappa shape index (κ1) is 9.93. The van der Waals surface area contributed by atoms with Crippen molar-refractivity contribution in [3.05, 3.63) is 0 Å². The van der Waals surface area contributed by atoms with E-state index in [0.717, 1.165) is 19.5 Å². The molecule has 2 fully saturated rings. The van der Waals surface area contributed by atoms with E-state index in [4.69, 9.17) is 4.74 Å². The zero-order valence-corrected chi connectivity index (χ0v) is 8.66. The van der Waals surface area contributed by atoms with Gasteiger partial charge in [-0.05, 0) is 19.4 Å². The number of ether oxygens (including phenoxy) is 1. The monoisotopic (exact) mass is 198 g/mol. The van der Waals surface area contributed by atoms with Crippen LogP contribution in [0, 0.1) is 0 Å². The molecular weight excluding hydrogens is 180 g/mol. The molecule has 0 saturated carbocycles. The lowest BCUT2D eigenvalue weighted by Gasteiger charge is -2.15. The Bertz CT molecular complexity index is 214. The van der Waals surface area contributed by atoms with E-state index in [1.165, 1.54) is 12.8 Å². The molecule has 0 bridgehead atoms. The van der Waals surface area contributed by atoms with Gasteiger partial charge in [0.1, 0.15) is 6.10 Å². The fourth-order valence-electron chi connectivity index (χ4n) is 2.08. The van der Waals surface area contributed by atoms with Gasteiger partial charge in [-0.1, -0.05) is 0 Å². The lowest BCUT2D eigenvalue weighted by Crippen LogP contribution is -2.33. The van der Waals surface area contributed by atoms with Crippen LogP contribution in [-0.4, -0.2) is 49.7 Å². The second kappa shape index (κ2) is 4.28. The van der Waals surface area contributed by atoms with E-state index >= 15 is 0 Å². The summed E-state index contributed by atoms with van der Waals surface area (Å²) in [5.74, 6) is 0.142. The summed E-state index contributed by atoms with van der Waals surface area (Å²) in [6.07, 6.45) is 3.08. The van der Waals surface area contributed by atoms with Crippen LogP contribution in [0.3, 0.4) is 0 Å². The average Bonchev–Trinajstić information content (AvgIpc) is 2.77. The van der Waals surface area contributed by atoms with E-state index in [2.05, 4.69) is 5.32 Å². The van der Waals surface area contributed by atoms with E-state index in [-0.39, 0.29) is 12.0 Å². The molecule has 2 heterocycles. The highest BCUT2D eigenvalue weighted by Gasteiger charge is 2.30. The van der Waals surface area contributed by atoms with Gasteiger partial charge in [0, 0.05) is 26.1 Å². The van der Waals surface area contributed by atoms with Gasteiger partial charge in [-0.25, -0.2) is 0 Å². The van der Waals surface area contributed by atoms with E-state index in [1.807, 2.05) is 7.05 Å². The maximum Gasteiger partial charge on any atom is 0.251 e. The lowest BCUT2D eigenvalue weighted by atomic mass is 10.2. The fraction of sp³-hybridized carbons (Fsp3) is 0.900. The van der Waals surface area contributed by atoms with Crippen LogP contribution in [0.25, 0.3) is 0 Å². The first-order chi connectivity index (χ1) is 6.77. The molecule has 2 saturated heterocycles. The zero-order chi connectivity index (χ0) is 9.97. The molecule has 4 heteroatoms. The molecule has 1 amide bonds. The molecule has 0 aromatic carbocycles. The Labute approximate surface area is 84.6 Å². The number of likely N-dealkylation sites (N-methyl/N-ethyl adjacent to an activating group) is 1. The van der Waals surface area contributed by atoms with E-state index in [9.17, 15) is 4.79 Å². The Morgan fingerprint density at radius 2 is 2.43 bits per heavy atom. The van der Waals surface area contributed by atoms with Crippen LogP contribution in [0.4, 0.5) is 0 Å². The molecule has 2 atom stereocenters. The van der Waals surface area contributed by atoms with Crippen LogP contribution < -0.4 is 5.32 Å². The van der Waals surface area contributed by atoms with Gasteiger partial charge in [0.25, 0.3) is 5.91 Å². The number of likely N-dealkylation sites (tertiary alicyclic amines) is 1. The van der Waals surface area contributed by atoms with Crippen molar-refractivity contribution >= 4 is 5.91 Å². The Morgan fingerprint density at radius 1 is 1.57 bits per heavy atom. The van der Waals surface area contributed by atoms with Crippen LogP contribution in [0.1, 0.15) is 19.3 Å². The predicted octanol–water partition coefficient (Wildman–Crippen LogP) is -0.0143. The molecule has 0 aliphatic carbocycles. The number of hydrogen-bond donors (Lipinski definition) is 1. The minimum atomic E-state index is -0.178. The summed E-state index contributed by atoms with van der Waals surface area (Å²) in [5.41, 5.74) is 0. The van der Waals surface area contributed by atoms with Gasteiger partial charge in [0.2, 0.25) is 0 Å². The minimum absolute atomic E-state index is 0.142. The summed E-state index contributed by atoms with van der Waals surface area (Å²) < 4.78 is 5.62. The highest BCUT2D eigenvalue weighted by Crippen LogP contribution is 2.14. The second-order valence-corrected chi connectivity index (χ2v) is 4.16. The average molecular weight is 198 g/mol. The van der Waals surface area contributed by atoms with Crippen molar-refractivity contribution in [1.29, 1.82) is 0 Å². The first-order valence-corrected chi connectivity index (χ1v) is 5.37. The van der Waals surface area contributed by atoms with Crippen LogP contribution in [0.15, 0.2) is 0 Å². The summed E-state index contributed by atoms with van der Waals surface area (Å²) in [5, 5.41) is 3.36. The van der Waals surface area contributed by atoms with Gasteiger partial charge < -0.3 is 15.0 Å². The second-order valence-electron chi connectivity index (χ2n) is 4.16. The molecule has 0 radical (unpaired) electrons. The van der Waals surface area contributed by atoms with Gasteiger partial charge in [-0.2, -0.15) is 0 Å². The van der Waals surface area contributed by atoms with Gasteiger partial charge in [-0.3, -0.25) is 4.79 Å². The molecule has 1 N–H and O–H groups in total. The summed E-state index contributed by atoms with van der Waals surface area (Å²) in [7, 11) is 1.83. The summed E-state index contributed by atoms with van der Waals surface area (Å²) in [6.45, 7) is 2.61. The third-order valence-corrected chi connectivity index (χ3v) is 3.04. The lowest BCUT2D eigenvalue weighted by molar-refractivity contribution is -0.136. The van der Waals surface area contributed by atoms with Crippen molar-refractivity contribution < 1.29 is 9.53 Å². The smallest absolute Gasteiger partial charge is 0.251 e. The Kier molecular flexibility index (Phi) is 3.03. The van der Waals surface area contributed by atoms with Crippen LogP contribution in [0.2, 0.25) is 0 Å². The predicted molar refractivity (Wildman–Crippen MR) is 53.0 cm³/mol. The van der Waals surface area contributed by atoms with Crippen molar-refractivity contribution in [2.24, 2.45) is 0 Å². The van der Waals surface area contributed by atoms with Crippen LogP contribution >= 0.6 is 0 Å². The third-order valence-electron chi connectivity index (χ3n) is 3.04. The number of rotatable bonds is 3. The van der Waals surface area contributed by atoms with Crippen molar-refractivity contribution in [3.8, 4) is 0 Å². The Hall–Kier alpha value is -0.610. The molecule has 14 heavy (non-hydrogen) atoms. The van der Waals surface area contributed by atoms with E-state index < -0.39 is 0 Å². The van der Waals surface area contributed by atoms with Crippen LogP contribution in [-0.2, 0) is 9.53 Å². The quantitative estimate of drug-likeness (QED) is 0.693. The van der Waals surface area contributed by atoms with Crippen molar-refractivity contribution in [2.75, 3.05) is 26.7 Å². The SMILES string of the molecule is CN1CCC(OCC2CCCN2)C1=O. The van der Waals surface area contributed by atoms with Gasteiger partial charge >= 0.3 is 0 Å². The van der Waals surface area contributed by atoms with Gasteiger partial charge in [0.15, 0.2) is 0 Å². The van der Waals surface area contributed by atoms with Gasteiger partial charge in [0.05, 0.1) is 6.61 Å². The molecule has 0 aromatic heterocycles. The van der Waals surface area contributed by atoms with Gasteiger partial charge in [-0.15, -0.1) is 0 Å². The van der Waals surface area contributed by atoms with Crippen molar-refractivity contribution in [2.45, 2.75) is 31.4 Å². The zero-order valence-electron chi connectivity index (χ0n) is 8.66. The molecule has 0 aromatic rings. The molecule has 2 unspecified atom stereocenters. The molecule has 4 nitrogen and oxygen atoms in total. The number of nitrogens with one attached hydrogen (secondary N) is 1. The van der Waals surface area contributed by atoms with Crippen LogP contribution in [0.5, 0.6) is 0 Å². The number of amides is 1. The van der Waals surface area contributed by atoms with E-state index in [0.29, 0.717) is 12.6 Å². The maximum atomic E-state index is 11.5. The molecule has 2 aliphatic heterocycles. The number of carbonyl (C=O) groups excluding carboxylic acids is 1. The highest BCUT2D eigenvalue weighted by molar-refractivity contribution is 5.82. The topological polar surface area (TPSA) is 41.6 Å². The first-order valence-electron chi connectivity index (χ1n) is 5.37. The fourth-order valence-corrected chi connectivity index (χ4v) is 2.08. The van der Waals surface area contributed by atoms with E-state index in [1.54, 1.807) is 4.90 Å². The Balaban J connectivity index is 1.72. The Morgan fingerprint density at radius 3 is 3.00 bits per heavy atom. The largest absolute Gasteiger partial charge is 0.367 e. The number of nitrogens with zero attached hydrogens (tertiary/aromatic N) is 1. The standard InChI is InChI=1S/C10H18N2O2/c1-12-6-4-9(10(12)13)14-7-8-3-2-5-11-8/h8-9,11H,2-7H2,1H3. The number of hydrogen-bond acceptors (Lipinski definition) is 3. The molecule has 2 rings (SSSR count).